The number of amides is 1. The monoisotopic (exact) mass is 252 g/mol. The van der Waals surface area contributed by atoms with Crippen molar-refractivity contribution in [3.05, 3.63) is 24.0 Å². The van der Waals surface area contributed by atoms with Gasteiger partial charge in [0.1, 0.15) is 5.75 Å². The minimum absolute atomic E-state index is 0.0251. The van der Waals surface area contributed by atoms with Gasteiger partial charge in [0.2, 0.25) is 0 Å². The van der Waals surface area contributed by atoms with E-state index in [1.807, 2.05) is 6.92 Å². The molecular formula is C12H16N2O4. The Morgan fingerprint density at radius 1 is 1.50 bits per heavy atom. The van der Waals surface area contributed by atoms with Crippen LogP contribution in [0.2, 0.25) is 0 Å². The van der Waals surface area contributed by atoms with E-state index in [0.717, 1.165) is 0 Å². The number of rotatable bonds is 6. The van der Waals surface area contributed by atoms with Gasteiger partial charge in [0.05, 0.1) is 0 Å². The van der Waals surface area contributed by atoms with E-state index in [0.29, 0.717) is 13.0 Å². The molecule has 0 saturated carbocycles. The molecule has 0 aliphatic heterocycles. The fourth-order valence-corrected chi connectivity index (χ4v) is 1.39. The zero-order valence-electron chi connectivity index (χ0n) is 10.1. The summed E-state index contributed by atoms with van der Waals surface area (Å²) in [6, 6.07) is 2.91. The fourth-order valence-electron chi connectivity index (χ4n) is 1.39. The standard InChI is InChI=1S/C12H16N2O4/c1-8(4-5-10(16)17)7-14-12(18)11-9(15)3-2-6-13-11/h2-3,6,8,15H,4-5,7H2,1H3,(H,14,18)(H,16,17). The summed E-state index contributed by atoms with van der Waals surface area (Å²) in [5.41, 5.74) is -0.0251. The summed E-state index contributed by atoms with van der Waals surface area (Å²) in [4.78, 5) is 25.8. The summed E-state index contributed by atoms with van der Waals surface area (Å²) in [5.74, 6) is -1.44. The van der Waals surface area contributed by atoms with Crippen LogP contribution in [0.1, 0.15) is 30.3 Å². The van der Waals surface area contributed by atoms with Gasteiger partial charge in [0, 0.05) is 19.2 Å². The Bertz CT molecular complexity index is 434. The Balaban J connectivity index is 2.42. The Morgan fingerprint density at radius 3 is 2.83 bits per heavy atom. The molecule has 1 heterocycles. The minimum atomic E-state index is -0.851. The quantitative estimate of drug-likeness (QED) is 0.701. The summed E-state index contributed by atoms with van der Waals surface area (Å²) < 4.78 is 0. The van der Waals surface area contributed by atoms with Crippen LogP contribution in [0, 0.1) is 5.92 Å². The summed E-state index contributed by atoms with van der Waals surface area (Å²) in [5, 5.41) is 20.6. The highest BCUT2D eigenvalue weighted by molar-refractivity contribution is 5.94. The van der Waals surface area contributed by atoms with E-state index >= 15 is 0 Å². The van der Waals surface area contributed by atoms with Gasteiger partial charge < -0.3 is 15.5 Å². The van der Waals surface area contributed by atoms with Crippen molar-refractivity contribution in [2.75, 3.05) is 6.54 Å². The van der Waals surface area contributed by atoms with Crippen LogP contribution in [0.3, 0.4) is 0 Å². The van der Waals surface area contributed by atoms with Crippen molar-refractivity contribution in [2.45, 2.75) is 19.8 Å². The molecule has 6 heteroatoms. The van der Waals surface area contributed by atoms with Crippen LogP contribution in [0.15, 0.2) is 18.3 Å². The predicted octanol–water partition coefficient (Wildman–Crippen LogP) is 1.02. The Morgan fingerprint density at radius 2 is 2.22 bits per heavy atom. The molecular weight excluding hydrogens is 236 g/mol. The molecule has 0 radical (unpaired) electrons. The number of hydrogen-bond donors (Lipinski definition) is 3. The molecule has 3 N–H and O–H groups in total. The number of pyridine rings is 1. The second kappa shape index (κ2) is 6.58. The number of aromatic nitrogens is 1. The number of carboxylic acids is 1. The Hall–Kier alpha value is -2.11. The van der Waals surface area contributed by atoms with Crippen molar-refractivity contribution in [2.24, 2.45) is 5.92 Å². The molecule has 1 rings (SSSR count). The normalized spacial score (nSPS) is 11.8. The molecule has 98 valence electrons. The molecule has 6 nitrogen and oxygen atoms in total. The van der Waals surface area contributed by atoms with Crippen LogP contribution in [0.5, 0.6) is 5.75 Å². The third-order valence-electron chi connectivity index (χ3n) is 2.46. The maximum Gasteiger partial charge on any atom is 0.303 e. The van der Waals surface area contributed by atoms with Crippen LogP contribution in [0.4, 0.5) is 0 Å². The van der Waals surface area contributed by atoms with Crippen LogP contribution < -0.4 is 5.32 Å². The topological polar surface area (TPSA) is 99.5 Å². The van der Waals surface area contributed by atoms with E-state index in [1.165, 1.54) is 18.3 Å². The first-order valence-corrected chi connectivity index (χ1v) is 5.64. The molecule has 0 aliphatic carbocycles. The number of aliphatic carboxylic acids is 1. The van der Waals surface area contributed by atoms with E-state index < -0.39 is 11.9 Å². The molecule has 1 unspecified atom stereocenters. The lowest BCUT2D eigenvalue weighted by Gasteiger charge is -2.11. The van der Waals surface area contributed by atoms with Crippen molar-refractivity contribution in [3.63, 3.8) is 0 Å². The Kier molecular flexibility index (Phi) is 5.10. The molecule has 0 aliphatic rings. The highest BCUT2D eigenvalue weighted by Gasteiger charge is 2.13. The van der Waals surface area contributed by atoms with Gasteiger partial charge in [-0.15, -0.1) is 0 Å². The van der Waals surface area contributed by atoms with Gasteiger partial charge in [-0.1, -0.05) is 6.92 Å². The lowest BCUT2D eigenvalue weighted by atomic mass is 10.1. The number of nitrogens with one attached hydrogen (secondary N) is 1. The first kappa shape index (κ1) is 14.0. The number of carbonyl (C=O) groups is 2. The second-order valence-corrected chi connectivity index (χ2v) is 4.12. The SMILES string of the molecule is CC(CCC(=O)O)CNC(=O)c1ncccc1O. The van der Waals surface area contributed by atoms with Gasteiger partial charge in [-0.3, -0.25) is 9.59 Å². The van der Waals surface area contributed by atoms with E-state index in [-0.39, 0.29) is 23.8 Å². The molecule has 0 fully saturated rings. The maximum atomic E-state index is 11.7. The average Bonchev–Trinajstić information content (AvgIpc) is 2.34. The summed E-state index contributed by atoms with van der Waals surface area (Å²) in [7, 11) is 0. The van der Waals surface area contributed by atoms with Crippen molar-refractivity contribution < 1.29 is 19.8 Å². The van der Waals surface area contributed by atoms with Gasteiger partial charge >= 0.3 is 5.97 Å². The molecule has 0 spiro atoms. The predicted molar refractivity (Wildman–Crippen MR) is 64.3 cm³/mol. The van der Waals surface area contributed by atoms with Gasteiger partial charge in [0.15, 0.2) is 5.69 Å². The maximum absolute atomic E-state index is 11.7. The summed E-state index contributed by atoms with van der Waals surface area (Å²) in [6.45, 7) is 2.20. The summed E-state index contributed by atoms with van der Waals surface area (Å²) in [6.07, 6.45) is 1.98. The largest absolute Gasteiger partial charge is 0.505 e. The number of nitrogens with zero attached hydrogens (tertiary/aromatic N) is 1. The number of aromatic hydroxyl groups is 1. The molecule has 0 bridgehead atoms. The Labute approximate surface area is 105 Å². The molecule has 0 aromatic carbocycles. The van der Waals surface area contributed by atoms with Crippen LogP contribution in [0.25, 0.3) is 0 Å². The molecule has 1 atom stereocenters. The lowest BCUT2D eigenvalue weighted by Crippen LogP contribution is -2.29. The molecule has 1 aromatic rings. The van der Waals surface area contributed by atoms with Crippen LogP contribution >= 0.6 is 0 Å². The van der Waals surface area contributed by atoms with E-state index in [2.05, 4.69) is 10.3 Å². The van der Waals surface area contributed by atoms with E-state index in [1.54, 1.807) is 0 Å². The second-order valence-electron chi connectivity index (χ2n) is 4.12. The average molecular weight is 252 g/mol. The third-order valence-corrected chi connectivity index (χ3v) is 2.46. The number of carbonyl (C=O) groups excluding carboxylic acids is 1. The van der Waals surface area contributed by atoms with Gasteiger partial charge in [-0.2, -0.15) is 0 Å². The van der Waals surface area contributed by atoms with Crippen molar-refractivity contribution >= 4 is 11.9 Å². The zero-order chi connectivity index (χ0) is 13.5. The van der Waals surface area contributed by atoms with E-state index in [9.17, 15) is 14.7 Å². The van der Waals surface area contributed by atoms with Crippen LogP contribution in [-0.4, -0.2) is 33.6 Å². The molecule has 1 amide bonds. The first-order chi connectivity index (χ1) is 8.50. The van der Waals surface area contributed by atoms with E-state index in [4.69, 9.17) is 5.11 Å². The van der Waals surface area contributed by atoms with Crippen molar-refractivity contribution in [1.82, 2.24) is 10.3 Å². The minimum Gasteiger partial charge on any atom is -0.505 e. The number of carboxylic acid groups (broad SMARTS) is 1. The molecule has 18 heavy (non-hydrogen) atoms. The van der Waals surface area contributed by atoms with Crippen molar-refractivity contribution in [1.29, 1.82) is 0 Å². The third kappa shape index (κ3) is 4.40. The van der Waals surface area contributed by atoms with Gasteiger partial charge in [0.25, 0.3) is 5.91 Å². The smallest absolute Gasteiger partial charge is 0.303 e. The molecule has 0 saturated heterocycles. The highest BCUT2D eigenvalue weighted by Crippen LogP contribution is 2.12. The fraction of sp³-hybridized carbons (Fsp3) is 0.417. The number of hydrogen-bond acceptors (Lipinski definition) is 4. The lowest BCUT2D eigenvalue weighted by molar-refractivity contribution is -0.137. The summed E-state index contributed by atoms with van der Waals surface area (Å²) >= 11 is 0. The van der Waals surface area contributed by atoms with Crippen molar-refractivity contribution in [3.8, 4) is 5.75 Å². The highest BCUT2D eigenvalue weighted by atomic mass is 16.4. The first-order valence-electron chi connectivity index (χ1n) is 5.64. The van der Waals surface area contributed by atoms with Gasteiger partial charge in [-0.05, 0) is 24.5 Å². The van der Waals surface area contributed by atoms with Crippen LogP contribution in [-0.2, 0) is 4.79 Å². The zero-order valence-corrected chi connectivity index (χ0v) is 10.1. The van der Waals surface area contributed by atoms with Gasteiger partial charge in [-0.25, -0.2) is 4.98 Å². The molecule has 1 aromatic heterocycles.